The summed E-state index contributed by atoms with van der Waals surface area (Å²) in [6.07, 6.45) is 4.19. The second-order valence-electron chi connectivity index (χ2n) is 6.23. The highest BCUT2D eigenvalue weighted by Gasteiger charge is 2.32. The Morgan fingerprint density at radius 3 is 2.46 bits per heavy atom. The molecule has 7 nitrogen and oxygen atoms in total. The van der Waals surface area contributed by atoms with Crippen molar-refractivity contribution in [2.45, 2.75) is 25.8 Å². The minimum Gasteiger partial charge on any atom is -0.468 e. The third-order valence-electron chi connectivity index (χ3n) is 4.26. The molecule has 0 spiro atoms. The van der Waals surface area contributed by atoms with Gasteiger partial charge in [0.25, 0.3) is 10.2 Å². The van der Waals surface area contributed by atoms with Crippen LogP contribution in [0.4, 0.5) is 5.69 Å². The lowest BCUT2D eigenvalue weighted by atomic mass is 10.2. The Morgan fingerprint density at radius 2 is 1.81 bits per heavy atom. The molecule has 26 heavy (non-hydrogen) atoms. The maximum atomic E-state index is 13.0. The van der Waals surface area contributed by atoms with Gasteiger partial charge in [0, 0.05) is 18.8 Å². The molecule has 1 amide bonds. The normalized spacial score (nSPS) is 15.9. The van der Waals surface area contributed by atoms with E-state index in [1.54, 1.807) is 36.4 Å². The van der Waals surface area contributed by atoms with Crippen molar-refractivity contribution in [3.63, 3.8) is 0 Å². The molecular formula is C18H23N3O4S. The first-order valence-corrected chi connectivity index (χ1v) is 10.1. The summed E-state index contributed by atoms with van der Waals surface area (Å²) in [6.45, 7) is 0.719. The molecule has 0 radical (unpaired) electrons. The average Bonchev–Trinajstić information content (AvgIpc) is 3.16. The van der Waals surface area contributed by atoms with E-state index in [0.717, 1.165) is 19.3 Å². The molecule has 0 saturated carbocycles. The van der Waals surface area contributed by atoms with E-state index >= 15 is 0 Å². The highest BCUT2D eigenvalue weighted by atomic mass is 32.2. The van der Waals surface area contributed by atoms with Gasteiger partial charge in [0.1, 0.15) is 5.76 Å². The number of benzene rings is 1. The van der Waals surface area contributed by atoms with Crippen LogP contribution in [-0.4, -0.2) is 42.6 Å². The van der Waals surface area contributed by atoms with Gasteiger partial charge in [-0.1, -0.05) is 24.6 Å². The van der Waals surface area contributed by atoms with Crippen molar-refractivity contribution in [2.75, 3.05) is 25.0 Å². The molecule has 8 heteroatoms. The number of amides is 1. The molecule has 0 unspecified atom stereocenters. The van der Waals surface area contributed by atoms with Crippen LogP contribution in [-0.2, 0) is 21.5 Å². The number of carbonyl (C=O) groups excluding carboxylic acids is 1. The number of nitrogens with one attached hydrogen (secondary N) is 1. The van der Waals surface area contributed by atoms with Crippen LogP contribution in [0.25, 0.3) is 0 Å². The topological polar surface area (TPSA) is 82.9 Å². The second-order valence-corrected chi connectivity index (χ2v) is 8.16. The molecule has 0 atom stereocenters. The highest BCUT2D eigenvalue weighted by molar-refractivity contribution is 7.86. The number of nitrogens with zero attached hydrogens (tertiary/aromatic N) is 2. The van der Waals surface area contributed by atoms with E-state index in [4.69, 9.17) is 4.42 Å². The van der Waals surface area contributed by atoms with E-state index in [-0.39, 0.29) is 19.0 Å². The van der Waals surface area contributed by atoms with E-state index in [2.05, 4.69) is 5.32 Å². The van der Waals surface area contributed by atoms with Crippen molar-refractivity contribution in [2.24, 2.45) is 0 Å². The Bertz CT molecular complexity index is 800. The van der Waals surface area contributed by atoms with Crippen LogP contribution >= 0.6 is 0 Å². The molecule has 1 aliphatic heterocycles. The van der Waals surface area contributed by atoms with Crippen molar-refractivity contribution in [3.8, 4) is 0 Å². The van der Waals surface area contributed by atoms with E-state index in [1.807, 2.05) is 6.07 Å². The van der Waals surface area contributed by atoms with Crippen LogP contribution in [0.2, 0.25) is 0 Å². The number of para-hydroxylation sites is 1. The fourth-order valence-electron chi connectivity index (χ4n) is 2.94. The molecule has 1 N–H and O–H groups in total. The molecule has 1 aromatic heterocycles. The molecule has 1 aliphatic rings. The first-order valence-electron chi connectivity index (χ1n) is 8.68. The van der Waals surface area contributed by atoms with Gasteiger partial charge in [-0.3, -0.25) is 4.79 Å². The Balaban J connectivity index is 1.75. The predicted octanol–water partition coefficient (Wildman–Crippen LogP) is 2.45. The van der Waals surface area contributed by atoms with Gasteiger partial charge in [-0.15, -0.1) is 0 Å². The summed E-state index contributed by atoms with van der Waals surface area (Å²) in [7, 11) is -3.74. The quantitative estimate of drug-likeness (QED) is 0.803. The van der Waals surface area contributed by atoms with Gasteiger partial charge in [0.2, 0.25) is 5.91 Å². The van der Waals surface area contributed by atoms with E-state index in [1.165, 1.54) is 14.9 Å². The number of piperidine rings is 1. The zero-order valence-electron chi connectivity index (χ0n) is 14.5. The van der Waals surface area contributed by atoms with E-state index in [9.17, 15) is 13.2 Å². The van der Waals surface area contributed by atoms with Gasteiger partial charge < -0.3 is 9.73 Å². The molecular weight excluding hydrogens is 354 g/mol. The zero-order chi connectivity index (χ0) is 18.4. The molecule has 0 bridgehead atoms. The summed E-state index contributed by atoms with van der Waals surface area (Å²) in [5, 5.41) is 2.73. The summed E-state index contributed by atoms with van der Waals surface area (Å²) >= 11 is 0. The van der Waals surface area contributed by atoms with Gasteiger partial charge in [-0.05, 0) is 37.1 Å². The second kappa shape index (κ2) is 8.48. The van der Waals surface area contributed by atoms with E-state index in [0.29, 0.717) is 24.5 Å². The number of hydrogen-bond donors (Lipinski definition) is 1. The van der Waals surface area contributed by atoms with Gasteiger partial charge in [0.15, 0.2) is 0 Å². The summed E-state index contributed by atoms with van der Waals surface area (Å²) in [6, 6.07) is 12.4. The number of carbonyl (C=O) groups is 1. The smallest absolute Gasteiger partial charge is 0.282 e. The van der Waals surface area contributed by atoms with Crippen LogP contribution in [0.15, 0.2) is 53.1 Å². The van der Waals surface area contributed by atoms with Gasteiger partial charge in [-0.25, -0.2) is 0 Å². The van der Waals surface area contributed by atoms with Crippen molar-refractivity contribution in [1.82, 2.24) is 8.61 Å². The van der Waals surface area contributed by atoms with Crippen LogP contribution < -0.4 is 5.32 Å². The summed E-state index contributed by atoms with van der Waals surface area (Å²) in [5.41, 5.74) is 0.630. The maximum absolute atomic E-state index is 13.0. The third-order valence-corrected chi connectivity index (χ3v) is 6.19. The maximum Gasteiger partial charge on any atom is 0.282 e. The average molecular weight is 377 g/mol. The van der Waals surface area contributed by atoms with Gasteiger partial charge >= 0.3 is 0 Å². The number of anilines is 1. The molecule has 2 heterocycles. The fraction of sp³-hybridized carbons (Fsp3) is 0.389. The third kappa shape index (κ3) is 4.72. The van der Waals surface area contributed by atoms with Crippen molar-refractivity contribution in [1.29, 1.82) is 0 Å². The molecule has 140 valence electrons. The Morgan fingerprint density at radius 1 is 1.08 bits per heavy atom. The minimum absolute atomic E-state index is 0.0219. The summed E-state index contributed by atoms with van der Waals surface area (Å²) in [4.78, 5) is 12.4. The Hall–Kier alpha value is -2.16. The largest absolute Gasteiger partial charge is 0.468 e. The number of hydrogen-bond acceptors (Lipinski definition) is 4. The highest BCUT2D eigenvalue weighted by Crippen LogP contribution is 2.19. The molecule has 0 aliphatic carbocycles. The lowest BCUT2D eigenvalue weighted by Crippen LogP contribution is -2.48. The van der Waals surface area contributed by atoms with Crippen molar-refractivity contribution < 1.29 is 17.6 Å². The van der Waals surface area contributed by atoms with Gasteiger partial charge in [0.05, 0.1) is 19.4 Å². The fourth-order valence-corrected chi connectivity index (χ4v) is 4.55. The van der Waals surface area contributed by atoms with Crippen LogP contribution in [0, 0.1) is 0 Å². The SMILES string of the molecule is O=C(CN(Cc1ccco1)S(=O)(=O)N1CCCCC1)Nc1ccccc1. The standard InChI is InChI=1S/C18H23N3O4S/c22-18(19-16-8-3-1-4-9-16)15-21(14-17-10-7-13-25-17)26(23,24)20-11-5-2-6-12-20/h1,3-4,7-10,13H,2,5-6,11-12,14-15H2,(H,19,22). The van der Waals surface area contributed by atoms with Crippen LogP contribution in [0.5, 0.6) is 0 Å². The molecule has 1 saturated heterocycles. The van der Waals surface area contributed by atoms with Crippen LogP contribution in [0.1, 0.15) is 25.0 Å². The van der Waals surface area contributed by atoms with Crippen molar-refractivity contribution >= 4 is 21.8 Å². The monoisotopic (exact) mass is 377 g/mol. The van der Waals surface area contributed by atoms with Crippen LogP contribution in [0.3, 0.4) is 0 Å². The number of furan rings is 1. The predicted molar refractivity (Wildman–Crippen MR) is 98.5 cm³/mol. The lowest BCUT2D eigenvalue weighted by Gasteiger charge is -2.31. The first-order chi connectivity index (χ1) is 12.6. The summed E-state index contributed by atoms with van der Waals surface area (Å²) in [5.74, 6) is 0.112. The molecule has 2 aromatic rings. The van der Waals surface area contributed by atoms with Gasteiger partial charge in [-0.2, -0.15) is 17.0 Å². The lowest BCUT2D eigenvalue weighted by molar-refractivity contribution is -0.116. The zero-order valence-corrected chi connectivity index (χ0v) is 15.3. The van der Waals surface area contributed by atoms with E-state index < -0.39 is 10.2 Å². The molecule has 1 aromatic carbocycles. The minimum atomic E-state index is -3.74. The molecule has 1 fully saturated rings. The Kier molecular flexibility index (Phi) is 6.08. The molecule has 3 rings (SSSR count). The Labute approximate surface area is 153 Å². The van der Waals surface area contributed by atoms with Crippen molar-refractivity contribution in [3.05, 3.63) is 54.5 Å². The summed E-state index contributed by atoms with van der Waals surface area (Å²) < 4.78 is 34.0. The number of rotatable bonds is 7. The first kappa shape index (κ1) is 18.6.